The largest absolute Gasteiger partial charge is 0.507 e. The number of aromatic nitrogens is 1. The fourth-order valence-electron chi connectivity index (χ4n) is 3.81. The second-order valence-corrected chi connectivity index (χ2v) is 7.50. The number of nitro benzene ring substituents is 1. The van der Waals surface area contributed by atoms with Crippen molar-refractivity contribution in [2.75, 3.05) is 12.0 Å². The normalized spacial score (nSPS) is 17.4. The number of benzene rings is 2. The van der Waals surface area contributed by atoms with Gasteiger partial charge in [-0.3, -0.25) is 24.6 Å². The summed E-state index contributed by atoms with van der Waals surface area (Å²) < 4.78 is 10.3. The summed E-state index contributed by atoms with van der Waals surface area (Å²) in [6.45, 7) is 3.41. The molecule has 1 saturated heterocycles. The number of anilines is 1. The van der Waals surface area contributed by atoms with Gasteiger partial charge in [0.05, 0.1) is 23.6 Å². The van der Waals surface area contributed by atoms with Crippen LogP contribution in [0.3, 0.4) is 0 Å². The summed E-state index contributed by atoms with van der Waals surface area (Å²) in [5.41, 5.74) is 1.09. The van der Waals surface area contributed by atoms with Gasteiger partial charge in [0.2, 0.25) is 0 Å². The SMILES string of the molecule is COc1ccc(/C(O)=C2\C(=O)C(=O)N(c3cc(C)on3)C2c2ccc([N+](=O)[O-])cc2)cc1C. The van der Waals surface area contributed by atoms with E-state index in [1.165, 1.54) is 37.4 Å². The third-order valence-corrected chi connectivity index (χ3v) is 5.39. The topological polar surface area (TPSA) is 136 Å². The maximum Gasteiger partial charge on any atom is 0.301 e. The highest BCUT2D eigenvalue weighted by Gasteiger charge is 2.48. The molecule has 1 fully saturated rings. The van der Waals surface area contributed by atoms with Crippen molar-refractivity contribution in [3.63, 3.8) is 0 Å². The first-order valence-electron chi connectivity index (χ1n) is 9.86. The molecule has 0 radical (unpaired) electrons. The summed E-state index contributed by atoms with van der Waals surface area (Å²) in [6, 6.07) is 10.7. The zero-order chi connectivity index (χ0) is 23.9. The number of hydrogen-bond donors (Lipinski definition) is 1. The van der Waals surface area contributed by atoms with E-state index in [1.807, 2.05) is 0 Å². The summed E-state index contributed by atoms with van der Waals surface area (Å²) in [5.74, 6) is -1.10. The molecule has 0 spiro atoms. The van der Waals surface area contributed by atoms with Crippen LogP contribution in [0, 0.1) is 24.0 Å². The highest BCUT2D eigenvalue weighted by Crippen LogP contribution is 2.42. The monoisotopic (exact) mass is 449 g/mol. The molecule has 4 rings (SSSR count). The van der Waals surface area contributed by atoms with Crippen LogP contribution >= 0.6 is 0 Å². The number of ketones is 1. The second-order valence-electron chi connectivity index (χ2n) is 7.50. The van der Waals surface area contributed by atoms with Crippen molar-refractivity contribution < 1.29 is 28.9 Å². The molecule has 1 unspecified atom stereocenters. The van der Waals surface area contributed by atoms with E-state index in [1.54, 1.807) is 32.0 Å². The van der Waals surface area contributed by atoms with Crippen LogP contribution < -0.4 is 9.64 Å². The van der Waals surface area contributed by atoms with Gasteiger partial charge in [0.15, 0.2) is 5.82 Å². The summed E-state index contributed by atoms with van der Waals surface area (Å²) >= 11 is 0. The van der Waals surface area contributed by atoms with E-state index in [0.29, 0.717) is 22.6 Å². The molecule has 1 N–H and O–H groups in total. The van der Waals surface area contributed by atoms with Gasteiger partial charge in [0.1, 0.15) is 17.3 Å². The highest BCUT2D eigenvalue weighted by atomic mass is 16.6. The molecule has 2 aromatic carbocycles. The van der Waals surface area contributed by atoms with Gasteiger partial charge in [-0.15, -0.1) is 0 Å². The van der Waals surface area contributed by atoms with Crippen LogP contribution in [-0.4, -0.2) is 34.0 Å². The molecule has 0 aliphatic carbocycles. The number of carbonyl (C=O) groups is 2. The van der Waals surface area contributed by atoms with Crippen molar-refractivity contribution in [2.45, 2.75) is 19.9 Å². The van der Waals surface area contributed by atoms with E-state index in [4.69, 9.17) is 9.26 Å². The number of hydrogen-bond acceptors (Lipinski definition) is 8. The van der Waals surface area contributed by atoms with Gasteiger partial charge >= 0.3 is 5.91 Å². The van der Waals surface area contributed by atoms with E-state index in [9.17, 15) is 24.8 Å². The first-order chi connectivity index (χ1) is 15.7. The van der Waals surface area contributed by atoms with Crippen molar-refractivity contribution in [2.24, 2.45) is 0 Å². The summed E-state index contributed by atoms with van der Waals surface area (Å²) in [5, 5.41) is 26.1. The number of nitrogens with zero attached hydrogens (tertiary/aromatic N) is 3. The number of nitro groups is 1. The third kappa shape index (κ3) is 3.71. The number of aliphatic hydroxyl groups is 1. The Hall–Kier alpha value is -4.47. The molecule has 0 bridgehead atoms. The van der Waals surface area contributed by atoms with Crippen LogP contribution in [0.1, 0.15) is 28.5 Å². The van der Waals surface area contributed by atoms with Gasteiger partial charge in [-0.05, 0) is 55.3 Å². The van der Waals surface area contributed by atoms with Gasteiger partial charge in [0.25, 0.3) is 11.5 Å². The lowest BCUT2D eigenvalue weighted by Gasteiger charge is -2.22. The Kier molecular flexibility index (Phi) is 5.42. The minimum atomic E-state index is -1.07. The number of aliphatic hydroxyl groups excluding tert-OH is 1. The van der Waals surface area contributed by atoms with E-state index >= 15 is 0 Å². The zero-order valence-electron chi connectivity index (χ0n) is 17.9. The van der Waals surface area contributed by atoms with E-state index < -0.39 is 22.7 Å². The van der Waals surface area contributed by atoms with Crippen LogP contribution in [0.15, 0.2) is 58.6 Å². The smallest absolute Gasteiger partial charge is 0.301 e. The lowest BCUT2D eigenvalue weighted by molar-refractivity contribution is -0.384. The maximum absolute atomic E-state index is 13.1. The van der Waals surface area contributed by atoms with Crippen LogP contribution in [0.2, 0.25) is 0 Å². The number of Topliss-reactive ketones (excluding diaryl/α,β-unsaturated/α-hetero) is 1. The lowest BCUT2D eigenvalue weighted by atomic mass is 9.94. The fraction of sp³-hybridized carbons (Fsp3) is 0.174. The standard InChI is InChI=1S/C23H19N3O7/c1-12-10-15(6-9-17(12)32-3)21(27)19-20(14-4-7-16(8-5-14)26(30)31)25(23(29)22(19)28)18-11-13(2)33-24-18/h4-11,20,27H,1-3H3/b21-19+. The van der Waals surface area contributed by atoms with Crippen LogP contribution in [0.4, 0.5) is 11.5 Å². The third-order valence-electron chi connectivity index (χ3n) is 5.39. The molecule has 10 nitrogen and oxygen atoms in total. The number of rotatable bonds is 5. The average Bonchev–Trinajstić information content (AvgIpc) is 3.34. The van der Waals surface area contributed by atoms with Crippen molar-refractivity contribution in [3.05, 3.63) is 86.7 Å². The van der Waals surface area contributed by atoms with Crippen molar-refractivity contribution in [1.29, 1.82) is 0 Å². The van der Waals surface area contributed by atoms with Gasteiger partial charge in [0, 0.05) is 23.8 Å². The Morgan fingerprint density at radius 3 is 2.39 bits per heavy atom. The zero-order valence-corrected chi connectivity index (χ0v) is 17.9. The molecule has 2 heterocycles. The quantitative estimate of drug-likeness (QED) is 0.204. The molecule has 33 heavy (non-hydrogen) atoms. The second kappa shape index (κ2) is 8.23. The van der Waals surface area contributed by atoms with Gasteiger partial charge in [-0.25, -0.2) is 0 Å². The Bertz CT molecular complexity index is 1310. The van der Waals surface area contributed by atoms with Crippen molar-refractivity contribution >= 4 is 29.0 Å². The minimum Gasteiger partial charge on any atom is -0.507 e. The minimum absolute atomic E-state index is 0.0860. The van der Waals surface area contributed by atoms with Crippen LogP contribution in [0.5, 0.6) is 5.75 Å². The Morgan fingerprint density at radius 1 is 1.15 bits per heavy atom. The first-order valence-corrected chi connectivity index (χ1v) is 9.86. The molecule has 10 heteroatoms. The molecular weight excluding hydrogens is 430 g/mol. The Labute approximate surface area is 187 Å². The van der Waals surface area contributed by atoms with Crippen LogP contribution in [-0.2, 0) is 9.59 Å². The van der Waals surface area contributed by atoms with Crippen LogP contribution in [0.25, 0.3) is 5.76 Å². The van der Waals surface area contributed by atoms with Gasteiger partial charge < -0.3 is 14.4 Å². The van der Waals surface area contributed by atoms with Gasteiger partial charge in [-0.1, -0.05) is 5.16 Å². The number of non-ortho nitro benzene ring substituents is 1. The lowest BCUT2D eigenvalue weighted by Crippen LogP contribution is -2.29. The molecule has 1 amide bonds. The number of ether oxygens (including phenoxy) is 1. The number of amides is 1. The highest BCUT2D eigenvalue weighted by molar-refractivity contribution is 6.51. The van der Waals surface area contributed by atoms with Crippen molar-refractivity contribution in [1.82, 2.24) is 5.16 Å². The number of methoxy groups -OCH3 is 1. The van der Waals surface area contributed by atoms with Crippen molar-refractivity contribution in [3.8, 4) is 5.75 Å². The first kappa shape index (κ1) is 21.8. The Balaban J connectivity index is 1.92. The van der Waals surface area contributed by atoms with E-state index in [0.717, 1.165) is 10.5 Å². The number of carbonyl (C=O) groups excluding carboxylic acids is 2. The Morgan fingerprint density at radius 2 is 1.85 bits per heavy atom. The average molecular weight is 449 g/mol. The molecule has 168 valence electrons. The van der Waals surface area contributed by atoms with E-state index in [2.05, 4.69) is 5.16 Å². The molecule has 0 saturated carbocycles. The molecule has 1 aromatic heterocycles. The summed E-state index contributed by atoms with van der Waals surface area (Å²) in [4.78, 5) is 37.7. The molecule has 3 aromatic rings. The molecule has 1 aliphatic rings. The fourth-order valence-corrected chi connectivity index (χ4v) is 3.81. The molecule has 1 atom stereocenters. The van der Waals surface area contributed by atoms with E-state index in [-0.39, 0.29) is 22.8 Å². The summed E-state index contributed by atoms with van der Waals surface area (Å²) in [7, 11) is 1.52. The molecule has 1 aliphatic heterocycles. The maximum atomic E-state index is 13.1. The predicted molar refractivity (Wildman–Crippen MR) is 117 cm³/mol. The van der Waals surface area contributed by atoms with Gasteiger partial charge in [-0.2, -0.15) is 0 Å². The summed E-state index contributed by atoms with van der Waals surface area (Å²) in [6.07, 6.45) is 0. The number of aryl methyl sites for hydroxylation is 2. The predicted octanol–water partition coefficient (Wildman–Crippen LogP) is 3.83. The molecular formula is C23H19N3O7.